The third kappa shape index (κ3) is 4.79. The minimum atomic E-state index is 0.149. The number of hydrogen-bond donors (Lipinski definition) is 1. The van der Waals surface area contributed by atoms with E-state index in [2.05, 4.69) is 44.3 Å². The zero-order valence-corrected chi connectivity index (χ0v) is 16.4. The molecule has 3 aromatic rings. The smallest absolute Gasteiger partial charge is 0.233 e. The molecule has 0 unspecified atom stereocenters. The quantitative estimate of drug-likeness (QED) is 0.653. The molecule has 0 bridgehead atoms. The molecule has 1 aliphatic rings. The molecule has 0 radical (unpaired) electrons. The lowest BCUT2D eigenvalue weighted by Gasteiger charge is -2.34. The second-order valence-corrected chi connectivity index (χ2v) is 7.71. The molecule has 0 spiro atoms. The van der Waals surface area contributed by atoms with Crippen molar-refractivity contribution in [2.75, 3.05) is 31.9 Å². The predicted octanol–water partition coefficient (Wildman–Crippen LogP) is 2.91. The molecule has 2 aromatic carbocycles. The molecule has 1 N–H and O–H groups in total. The van der Waals surface area contributed by atoms with Crippen LogP contribution in [0.25, 0.3) is 11.4 Å². The number of amides is 1. The van der Waals surface area contributed by atoms with Gasteiger partial charge in [0.1, 0.15) is 0 Å². The van der Waals surface area contributed by atoms with Crippen molar-refractivity contribution < 1.29 is 4.79 Å². The van der Waals surface area contributed by atoms with Crippen molar-refractivity contribution in [1.29, 1.82) is 0 Å². The van der Waals surface area contributed by atoms with Crippen molar-refractivity contribution >= 4 is 17.7 Å². The fraction of sp³-hybridized carbons (Fsp3) is 0.286. The number of H-pyrrole nitrogens is 1. The highest BCUT2D eigenvalue weighted by Crippen LogP contribution is 2.19. The summed E-state index contributed by atoms with van der Waals surface area (Å²) in [5.41, 5.74) is 2.30. The Hall–Kier alpha value is -2.64. The van der Waals surface area contributed by atoms with Crippen LogP contribution in [-0.4, -0.2) is 62.8 Å². The van der Waals surface area contributed by atoms with Crippen molar-refractivity contribution in [2.24, 2.45) is 0 Å². The highest BCUT2D eigenvalue weighted by molar-refractivity contribution is 7.99. The van der Waals surface area contributed by atoms with Crippen molar-refractivity contribution in [3.8, 4) is 11.4 Å². The van der Waals surface area contributed by atoms with Gasteiger partial charge in [-0.1, -0.05) is 72.4 Å². The van der Waals surface area contributed by atoms with Gasteiger partial charge in [-0.15, -0.1) is 5.10 Å². The molecular formula is C21H23N5OS. The van der Waals surface area contributed by atoms with Gasteiger partial charge >= 0.3 is 0 Å². The van der Waals surface area contributed by atoms with Crippen molar-refractivity contribution in [2.45, 2.75) is 11.7 Å². The molecule has 0 atom stereocenters. The number of piperazine rings is 1. The van der Waals surface area contributed by atoms with E-state index in [-0.39, 0.29) is 5.91 Å². The fourth-order valence-corrected chi connectivity index (χ4v) is 3.95. The average Bonchev–Trinajstić information content (AvgIpc) is 3.23. The van der Waals surface area contributed by atoms with Crippen molar-refractivity contribution in [1.82, 2.24) is 25.0 Å². The Morgan fingerprint density at radius 1 is 0.964 bits per heavy atom. The van der Waals surface area contributed by atoms with Gasteiger partial charge in [-0.25, -0.2) is 4.98 Å². The molecule has 2 heterocycles. The number of carbonyl (C=O) groups is 1. The first kappa shape index (κ1) is 18.7. The van der Waals surface area contributed by atoms with Gasteiger partial charge in [-0.3, -0.25) is 14.8 Å². The van der Waals surface area contributed by atoms with Gasteiger partial charge in [0.15, 0.2) is 5.82 Å². The lowest BCUT2D eigenvalue weighted by molar-refractivity contribution is -0.130. The van der Waals surface area contributed by atoms with Crippen LogP contribution >= 0.6 is 11.8 Å². The maximum Gasteiger partial charge on any atom is 0.233 e. The number of aromatic amines is 1. The van der Waals surface area contributed by atoms with E-state index < -0.39 is 0 Å². The summed E-state index contributed by atoms with van der Waals surface area (Å²) in [6.45, 7) is 4.30. The zero-order valence-electron chi connectivity index (χ0n) is 15.6. The van der Waals surface area contributed by atoms with Gasteiger partial charge in [0.25, 0.3) is 0 Å². The molecule has 0 saturated carbocycles. The molecule has 1 aromatic heterocycles. The molecule has 0 aliphatic carbocycles. The van der Waals surface area contributed by atoms with Gasteiger partial charge in [-0.05, 0) is 5.56 Å². The first-order chi connectivity index (χ1) is 13.8. The fourth-order valence-electron chi connectivity index (χ4n) is 3.25. The Bertz CT molecular complexity index is 891. The monoisotopic (exact) mass is 393 g/mol. The molecule has 144 valence electrons. The SMILES string of the molecule is O=C(CSc1n[nH]c(-c2ccccc2)n1)N1CCN(Cc2ccccc2)CC1. The largest absolute Gasteiger partial charge is 0.339 e. The van der Waals surface area contributed by atoms with Gasteiger partial charge in [0.2, 0.25) is 11.1 Å². The molecule has 4 rings (SSSR count). The predicted molar refractivity (Wildman–Crippen MR) is 111 cm³/mol. The highest BCUT2D eigenvalue weighted by atomic mass is 32.2. The Kier molecular flexibility index (Phi) is 6.04. The summed E-state index contributed by atoms with van der Waals surface area (Å²) in [7, 11) is 0. The molecule has 1 amide bonds. The van der Waals surface area contributed by atoms with Crippen LogP contribution in [0.15, 0.2) is 65.8 Å². The van der Waals surface area contributed by atoms with Crippen LogP contribution in [0.4, 0.5) is 0 Å². The highest BCUT2D eigenvalue weighted by Gasteiger charge is 2.21. The van der Waals surface area contributed by atoms with Crippen LogP contribution in [0.3, 0.4) is 0 Å². The summed E-state index contributed by atoms with van der Waals surface area (Å²) in [6.07, 6.45) is 0. The molecule has 28 heavy (non-hydrogen) atoms. The number of nitrogens with zero attached hydrogens (tertiary/aromatic N) is 4. The summed E-state index contributed by atoms with van der Waals surface area (Å²) in [5.74, 6) is 1.24. The Morgan fingerprint density at radius 3 is 2.36 bits per heavy atom. The van der Waals surface area contributed by atoms with Crippen molar-refractivity contribution in [3.05, 3.63) is 66.2 Å². The van der Waals surface area contributed by atoms with E-state index in [1.807, 2.05) is 41.3 Å². The third-order valence-electron chi connectivity index (χ3n) is 4.81. The summed E-state index contributed by atoms with van der Waals surface area (Å²) >= 11 is 1.38. The molecule has 1 saturated heterocycles. The van der Waals surface area contributed by atoms with Crippen molar-refractivity contribution in [3.63, 3.8) is 0 Å². The van der Waals surface area contributed by atoms with Gasteiger partial charge < -0.3 is 4.90 Å². The first-order valence-electron chi connectivity index (χ1n) is 9.42. The first-order valence-corrected chi connectivity index (χ1v) is 10.4. The zero-order chi connectivity index (χ0) is 19.2. The van der Waals surface area contributed by atoms with Crippen LogP contribution in [0.1, 0.15) is 5.56 Å². The second kappa shape index (κ2) is 9.03. The summed E-state index contributed by atoms with van der Waals surface area (Å²) in [6, 6.07) is 20.3. The second-order valence-electron chi connectivity index (χ2n) is 6.76. The number of aromatic nitrogens is 3. The lowest BCUT2D eigenvalue weighted by atomic mass is 10.2. The third-order valence-corrected chi connectivity index (χ3v) is 5.64. The molecule has 1 fully saturated rings. The molecule has 6 nitrogen and oxygen atoms in total. The number of benzene rings is 2. The minimum Gasteiger partial charge on any atom is -0.339 e. The Labute approximate surface area is 169 Å². The Morgan fingerprint density at radius 2 is 1.64 bits per heavy atom. The summed E-state index contributed by atoms with van der Waals surface area (Å²) < 4.78 is 0. The van der Waals surface area contributed by atoms with E-state index in [0.717, 1.165) is 44.1 Å². The maximum absolute atomic E-state index is 12.5. The van der Waals surface area contributed by atoms with Gasteiger partial charge in [-0.2, -0.15) is 0 Å². The van der Waals surface area contributed by atoms with Gasteiger partial charge in [0.05, 0.1) is 5.75 Å². The normalized spacial score (nSPS) is 14.9. The van der Waals surface area contributed by atoms with Crippen LogP contribution in [0.5, 0.6) is 0 Å². The number of rotatable bonds is 6. The van der Waals surface area contributed by atoms with E-state index in [0.29, 0.717) is 10.9 Å². The standard InChI is InChI=1S/C21H23N5OS/c27-19(16-28-21-22-20(23-24-21)18-9-5-2-6-10-18)26-13-11-25(12-14-26)15-17-7-3-1-4-8-17/h1-10H,11-16H2,(H,22,23,24). The Balaban J connectivity index is 1.23. The van der Waals surface area contributed by atoms with E-state index in [9.17, 15) is 4.79 Å². The number of thioether (sulfide) groups is 1. The van der Waals surface area contributed by atoms with E-state index in [4.69, 9.17) is 0 Å². The van der Waals surface area contributed by atoms with Gasteiger partial charge in [0, 0.05) is 38.3 Å². The molecule has 7 heteroatoms. The van der Waals surface area contributed by atoms with Crippen LogP contribution in [0.2, 0.25) is 0 Å². The number of nitrogens with one attached hydrogen (secondary N) is 1. The van der Waals surface area contributed by atoms with Crippen LogP contribution < -0.4 is 0 Å². The molecular weight excluding hydrogens is 370 g/mol. The maximum atomic E-state index is 12.5. The number of hydrogen-bond acceptors (Lipinski definition) is 5. The summed E-state index contributed by atoms with van der Waals surface area (Å²) in [5, 5.41) is 7.76. The lowest BCUT2D eigenvalue weighted by Crippen LogP contribution is -2.48. The van der Waals surface area contributed by atoms with Crippen LogP contribution in [-0.2, 0) is 11.3 Å². The van der Waals surface area contributed by atoms with E-state index >= 15 is 0 Å². The van der Waals surface area contributed by atoms with E-state index in [1.165, 1.54) is 17.3 Å². The molecule has 1 aliphatic heterocycles. The van der Waals surface area contributed by atoms with Crippen LogP contribution in [0, 0.1) is 0 Å². The summed E-state index contributed by atoms with van der Waals surface area (Å²) in [4.78, 5) is 21.3. The average molecular weight is 394 g/mol. The topological polar surface area (TPSA) is 65.1 Å². The minimum absolute atomic E-state index is 0.149. The van der Waals surface area contributed by atoms with E-state index in [1.54, 1.807) is 0 Å². The number of carbonyl (C=O) groups excluding carboxylic acids is 1.